The maximum absolute atomic E-state index is 9.43. The lowest BCUT2D eigenvalue weighted by Gasteiger charge is -2.29. The Labute approximate surface area is 125 Å². The minimum atomic E-state index is -0.373. The van der Waals surface area contributed by atoms with Gasteiger partial charge in [0.1, 0.15) is 5.54 Å². The summed E-state index contributed by atoms with van der Waals surface area (Å²) < 4.78 is 5.83. The quantitative estimate of drug-likeness (QED) is 0.648. The molecular formula is C17H32N2O. The van der Waals surface area contributed by atoms with Crippen molar-refractivity contribution in [2.24, 2.45) is 5.92 Å². The van der Waals surface area contributed by atoms with Gasteiger partial charge in [0, 0.05) is 19.3 Å². The number of nitrogens with one attached hydrogen (secondary N) is 1. The van der Waals surface area contributed by atoms with E-state index in [0.29, 0.717) is 6.04 Å². The Morgan fingerprint density at radius 3 is 2.55 bits per heavy atom. The summed E-state index contributed by atoms with van der Waals surface area (Å²) in [6.45, 7) is 7.99. The second-order valence-electron chi connectivity index (χ2n) is 6.53. The molecule has 116 valence electrons. The van der Waals surface area contributed by atoms with Gasteiger partial charge in [0.2, 0.25) is 0 Å². The minimum Gasteiger partial charge on any atom is -0.381 e. The summed E-state index contributed by atoms with van der Waals surface area (Å²) in [5.41, 5.74) is -0.373. The Bertz CT molecular complexity index is 292. The van der Waals surface area contributed by atoms with Gasteiger partial charge in [-0.15, -0.1) is 0 Å². The smallest absolute Gasteiger partial charge is 0.106 e. The van der Waals surface area contributed by atoms with Crippen molar-refractivity contribution in [3.63, 3.8) is 0 Å². The Balaban J connectivity index is 2.18. The van der Waals surface area contributed by atoms with E-state index in [9.17, 15) is 5.26 Å². The summed E-state index contributed by atoms with van der Waals surface area (Å²) >= 11 is 0. The zero-order valence-corrected chi connectivity index (χ0v) is 13.6. The Hall–Kier alpha value is -0.590. The van der Waals surface area contributed by atoms with E-state index >= 15 is 0 Å². The van der Waals surface area contributed by atoms with Crippen molar-refractivity contribution in [3.05, 3.63) is 0 Å². The highest BCUT2D eigenvalue weighted by molar-refractivity contribution is 5.06. The van der Waals surface area contributed by atoms with Crippen molar-refractivity contribution in [2.75, 3.05) is 13.2 Å². The number of nitriles is 1. The van der Waals surface area contributed by atoms with E-state index in [1.165, 1.54) is 32.1 Å². The van der Waals surface area contributed by atoms with Crippen LogP contribution in [0.4, 0.5) is 0 Å². The van der Waals surface area contributed by atoms with Crippen molar-refractivity contribution in [2.45, 2.75) is 83.7 Å². The van der Waals surface area contributed by atoms with E-state index in [1.807, 2.05) is 0 Å². The van der Waals surface area contributed by atoms with Gasteiger partial charge in [-0.25, -0.2) is 0 Å². The Kier molecular flexibility index (Phi) is 8.18. The Morgan fingerprint density at radius 1 is 1.30 bits per heavy atom. The lowest BCUT2D eigenvalue weighted by Crippen LogP contribution is -2.47. The number of rotatable bonds is 9. The van der Waals surface area contributed by atoms with Crippen LogP contribution in [-0.4, -0.2) is 24.8 Å². The van der Waals surface area contributed by atoms with Crippen LogP contribution < -0.4 is 5.32 Å². The molecule has 0 radical (unpaired) electrons. The van der Waals surface area contributed by atoms with Gasteiger partial charge >= 0.3 is 0 Å². The van der Waals surface area contributed by atoms with Crippen molar-refractivity contribution in [1.29, 1.82) is 5.26 Å². The third-order valence-electron chi connectivity index (χ3n) is 4.35. The third kappa shape index (κ3) is 6.24. The monoisotopic (exact) mass is 280 g/mol. The maximum Gasteiger partial charge on any atom is 0.106 e. The van der Waals surface area contributed by atoms with Crippen LogP contribution in [0.5, 0.6) is 0 Å². The second-order valence-corrected chi connectivity index (χ2v) is 6.53. The number of hydrogen-bond acceptors (Lipinski definition) is 3. The standard InChI is InChI=1S/C17H32N2O/c1-4-17(14-18,19-15(2)3)11-8-12-20-13-16-9-6-5-7-10-16/h15-16,19H,4-13H2,1-3H3. The average Bonchev–Trinajstić information content (AvgIpc) is 2.46. The molecule has 3 nitrogen and oxygen atoms in total. The van der Waals surface area contributed by atoms with Crippen molar-refractivity contribution in [3.8, 4) is 6.07 Å². The largest absolute Gasteiger partial charge is 0.381 e. The van der Waals surface area contributed by atoms with Crippen molar-refractivity contribution < 1.29 is 4.74 Å². The summed E-state index contributed by atoms with van der Waals surface area (Å²) in [7, 11) is 0. The molecule has 0 amide bonds. The number of hydrogen-bond donors (Lipinski definition) is 1. The molecular weight excluding hydrogens is 248 g/mol. The first-order valence-corrected chi connectivity index (χ1v) is 8.38. The highest BCUT2D eigenvalue weighted by Gasteiger charge is 2.27. The molecule has 1 aliphatic rings. The van der Waals surface area contributed by atoms with E-state index in [2.05, 4.69) is 32.2 Å². The molecule has 1 fully saturated rings. The highest BCUT2D eigenvalue weighted by Crippen LogP contribution is 2.24. The first-order valence-electron chi connectivity index (χ1n) is 8.38. The summed E-state index contributed by atoms with van der Waals surface area (Å²) in [4.78, 5) is 0. The molecule has 1 unspecified atom stereocenters. The van der Waals surface area contributed by atoms with Gasteiger partial charge in [-0.2, -0.15) is 5.26 Å². The first kappa shape index (κ1) is 17.5. The zero-order valence-electron chi connectivity index (χ0n) is 13.6. The number of nitrogens with zero attached hydrogens (tertiary/aromatic N) is 1. The fourth-order valence-electron chi connectivity index (χ4n) is 3.15. The molecule has 0 aromatic carbocycles. The molecule has 0 bridgehead atoms. The molecule has 1 atom stereocenters. The van der Waals surface area contributed by atoms with Crippen LogP contribution in [0.2, 0.25) is 0 Å². The van der Waals surface area contributed by atoms with Crippen LogP contribution in [0.3, 0.4) is 0 Å². The molecule has 1 aliphatic carbocycles. The molecule has 1 rings (SSSR count). The lowest BCUT2D eigenvalue weighted by atomic mass is 9.90. The number of ether oxygens (including phenoxy) is 1. The fraction of sp³-hybridized carbons (Fsp3) is 0.941. The molecule has 0 heterocycles. The summed E-state index contributed by atoms with van der Waals surface area (Å²) in [5.74, 6) is 0.782. The van der Waals surface area contributed by atoms with Gasteiger partial charge in [-0.1, -0.05) is 26.2 Å². The summed E-state index contributed by atoms with van der Waals surface area (Å²) in [6.07, 6.45) is 9.52. The Morgan fingerprint density at radius 2 is 2.00 bits per heavy atom. The van der Waals surface area contributed by atoms with E-state index in [-0.39, 0.29) is 5.54 Å². The van der Waals surface area contributed by atoms with E-state index in [1.54, 1.807) is 0 Å². The normalized spacial score (nSPS) is 19.8. The highest BCUT2D eigenvalue weighted by atomic mass is 16.5. The molecule has 3 heteroatoms. The summed E-state index contributed by atoms with van der Waals surface area (Å²) in [6, 6.07) is 2.82. The predicted molar refractivity (Wildman–Crippen MR) is 83.5 cm³/mol. The molecule has 0 aromatic rings. The van der Waals surface area contributed by atoms with Crippen molar-refractivity contribution in [1.82, 2.24) is 5.32 Å². The van der Waals surface area contributed by atoms with Gasteiger partial charge in [-0.05, 0) is 51.9 Å². The van der Waals surface area contributed by atoms with Crippen LogP contribution >= 0.6 is 0 Å². The zero-order chi connectivity index (χ0) is 14.8. The summed E-state index contributed by atoms with van der Waals surface area (Å²) in [5, 5.41) is 12.8. The van der Waals surface area contributed by atoms with Gasteiger partial charge in [0.15, 0.2) is 0 Å². The second kappa shape index (κ2) is 9.37. The maximum atomic E-state index is 9.43. The van der Waals surface area contributed by atoms with Gasteiger partial charge < -0.3 is 4.74 Å². The third-order valence-corrected chi connectivity index (χ3v) is 4.35. The van der Waals surface area contributed by atoms with E-state index in [0.717, 1.165) is 38.4 Å². The van der Waals surface area contributed by atoms with Crippen LogP contribution in [0.1, 0.15) is 72.1 Å². The molecule has 0 aromatic heterocycles. The van der Waals surface area contributed by atoms with E-state index in [4.69, 9.17) is 4.74 Å². The van der Waals surface area contributed by atoms with Crippen LogP contribution in [0, 0.1) is 17.2 Å². The molecule has 1 saturated carbocycles. The minimum absolute atomic E-state index is 0.345. The van der Waals surface area contributed by atoms with Gasteiger partial charge in [-0.3, -0.25) is 5.32 Å². The molecule has 1 N–H and O–H groups in total. The fourth-order valence-corrected chi connectivity index (χ4v) is 3.15. The first-order chi connectivity index (χ1) is 9.62. The van der Waals surface area contributed by atoms with Crippen molar-refractivity contribution >= 4 is 0 Å². The molecule has 0 aliphatic heterocycles. The van der Waals surface area contributed by atoms with Gasteiger partial charge in [0.05, 0.1) is 6.07 Å². The SMILES string of the molecule is CCC(C#N)(CCCOCC1CCCCC1)NC(C)C. The van der Waals surface area contributed by atoms with Crippen LogP contribution in [0.15, 0.2) is 0 Å². The molecule has 20 heavy (non-hydrogen) atoms. The lowest BCUT2D eigenvalue weighted by molar-refractivity contribution is 0.0793. The molecule has 0 spiro atoms. The van der Waals surface area contributed by atoms with E-state index < -0.39 is 0 Å². The van der Waals surface area contributed by atoms with Crippen LogP contribution in [0.25, 0.3) is 0 Å². The van der Waals surface area contributed by atoms with Gasteiger partial charge in [0.25, 0.3) is 0 Å². The predicted octanol–water partition coefficient (Wildman–Crippen LogP) is 4.03. The van der Waals surface area contributed by atoms with Crippen LogP contribution in [-0.2, 0) is 4.74 Å². The molecule has 0 saturated heterocycles. The topological polar surface area (TPSA) is 45.0 Å². The average molecular weight is 280 g/mol.